The van der Waals surface area contributed by atoms with Gasteiger partial charge in [-0.2, -0.15) is 0 Å². The Morgan fingerprint density at radius 3 is 2.61 bits per heavy atom. The molecule has 0 atom stereocenters. The molecule has 0 saturated heterocycles. The minimum atomic E-state index is -0.828. The van der Waals surface area contributed by atoms with Crippen LogP contribution in [0.3, 0.4) is 0 Å². The van der Waals surface area contributed by atoms with Crippen LogP contribution in [0, 0.1) is 17.0 Å². The van der Waals surface area contributed by atoms with Gasteiger partial charge >= 0.3 is 6.09 Å². The standard InChI is InChI=1S/C14H9BrCl2N2O4/c1-7-4-13(11(17)6-9(7)15)23-14(20)18-8-2-3-10(16)12(5-8)19(21)22/h2-6H,1H3,(H,18,20). The molecule has 0 spiro atoms. The van der Waals surface area contributed by atoms with Crippen LogP contribution in [0.4, 0.5) is 16.2 Å². The van der Waals surface area contributed by atoms with Crippen molar-refractivity contribution >= 4 is 56.6 Å². The van der Waals surface area contributed by atoms with Crippen LogP contribution >= 0.6 is 39.1 Å². The monoisotopic (exact) mass is 418 g/mol. The zero-order valence-corrected chi connectivity index (χ0v) is 14.7. The van der Waals surface area contributed by atoms with Crippen LogP contribution in [-0.2, 0) is 0 Å². The van der Waals surface area contributed by atoms with Crippen molar-refractivity contribution in [1.29, 1.82) is 0 Å². The average Bonchev–Trinajstić information content (AvgIpc) is 2.46. The lowest BCUT2D eigenvalue weighted by Gasteiger charge is -2.10. The van der Waals surface area contributed by atoms with Crippen LogP contribution in [0.2, 0.25) is 10.0 Å². The Labute approximate surface area is 149 Å². The Balaban J connectivity index is 2.16. The van der Waals surface area contributed by atoms with Gasteiger partial charge in [0.1, 0.15) is 5.02 Å². The van der Waals surface area contributed by atoms with Gasteiger partial charge in [-0.1, -0.05) is 39.1 Å². The second-order valence-corrected chi connectivity index (χ2v) is 6.14. The molecule has 0 aromatic heterocycles. The number of hydrogen-bond donors (Lipinski definition) is 1. The fourth-order valence-electron chi connectivity index (χ4n) is 1.68. The van der Waals surface area contributed by atoms with E-state index in [-0.39, 0.29) is 27.2 Å². The van der Waals surface area contributed by atoms with E-state index >= 15 is 0 Å². The summed E-state index contributed by atoms with van der Waals surface area (Å²) in [5, 5.41) is 13.4. The summed E-state index contributed by atoms with van der Waals surface area (Å²) in [4.78, 5) is 22.1. The maximum absolute atomic E-state index is 11.9. The number of nitrogens with one attached hydrogen (secondary N) is 1. The number of nitro groups is 1. The summed E-state index contributed by atoms with van der Waals surface area (Å²) < 4.78 is 5.89. The third-order valence-electron chi connectivity index (χ3n) is 2.81. The van der Waals surface area contributed by atoms with Gasteiger partial charge in [0.15, 0.2) is 5.75 Å². The Hall–Kier alpha value is -1.83. The lowest BCUT2D eigenvalue weighted by Crippen LogP contribution is -2.17. The first-order valence-electron chi connectivity index (χ1n) is 6.16. The Morgan fingerprint density at radius 2 is 1.96 bits per heavy atom. The predicted octanol–water partition coefficient (Wildman–Crippen LogP) is 5.58. The minimum Gasteiger partial charge on any atom is -0.408 e. The molecule has 2 aromatic carbocycles. The van der Waals surface area contributed by atoms with E-state index in [0.29, 0.717) is 0 Å². The van der Waals surface area contributed by atoms with E-state index in [9.17, 15) is 14.9 Å². The number of aryl methyl sites for hydroxylation is 1. The molecule has 1 N–H and O–H groups in total. The third kappa shape index (κ3) is 4.34. The summed E-state index contributed by atoms with van der Waals surface area (Å²) in [5.74, 6) is 0.174. The zero-order valence-electron chi connectivity index (χ0n) is 11.6. The van der Waals surface area contributed by atoms with Crippen LogP contribution in [0.5, 0.6) is 5.75 Å². The van der Waals surface area contributed by atoms with E-state index in [2.05, 4.69) is 21.2 Å². The number of nitrogens with zero attached hydrogens (tertiary/aromatic N) is 1. The van der Waals surface area contributed by atoms with E-state index in [1.807, 2.05) is 6.92 Å². The molecule has 120 valence electrons. The normalized spacial score (nSPS) is 10.3. The SMILES string of the molecule is Cc1cc(OC(=O)Nc2ccc(Cl)c([N+](=O)[O-])c2)c(Cl)cc1Br. The molecule has 2 aromatic rings. The van der Waals surface area contributed by atoms with E-state index in [0.717, 1.165) is 16.1 Å². The topological polar surface area (TPSA) is 81.5 Å². The van der Waals surface area contributed by atoms with Gasteiger partial charge in [0, 0.05) is 10.5 Å². The largest absolute Gasteiger partial charge is 0.417 e. The third-order valence-corrected chi connectivity index (χ3v) is 4.27. The number of anilines is 1. The molecule has 0 heterocycles. The van der Waals surface area contributed by atoms with Crippen molar-refractivity contribution in [2.75, 3.05) is 5.32 Å². The van der Waals surface area contributed by atoms with Crippen molar-refractivity contribution in [3.8, 4) is 5.75 Å². The number of nitro benzene ring substituents is 1. The highest BCUT2D eigenvalue weighted by Crippen LogP contribution is 2.31. The second-order valence-electron chi connectivity index (χ2n) is 4.47. The molecular formula is C14H9BrCl2N2O4. The Kier molecular flexibility index (Phi) is 5.46. The quantitative estimate of drug-likeness (QED) is 0.519. The van der Waals surface area contributed by atoms with Gasteiger partial charge in [0.25, 0.3) is 5.69 Å². The maximum atomic E-state index is 11.9. The lowest BCUT2D eigenvalue weighted by molar-refractivity contribution is -0.384. The number of carbonyl (C=O) groups excluding carboxylic acids is 1. The summed E-state index contributed by atoms with van der Waals surface area (Å²) in [6, 6.07) is 7.07. The molecule has 2 rings (SSSR count). The van der Waals surface area contributed by atoms with Crippen LogP contribution in [-0.4, -0.2) is 11.0 Å². The van der Waals surface area contributed by atoms with Gasteiger partial charge in [-0.3, -0.25) is 15.4 Å². The molecule has 0 radical (unpaired) electrons. The predicted molar refractivity (Wildman–Crippen MR) is 91.6 cm³/mol. The molecule has 9 heteroatoms. The van der Waals surface area contributed by atoms with E-state index in [1.54, 1.807) is 12.1 Å². The second kappa shape index (κ2) is 7.16. The number of ether oxygens (including phenoxy) is 1. The Morgan fingerprint density at radius 1 is 1.26 bits per heavy atom. The first-order chi connectivity index (χ1) is 10.8. The van der Waals surface area contributed by atoms with Gasteiger partial charge in [-0.25, -0.2) is 4.79 Å². The van der Waals surface area contributed by atoms with Crippen LogP contribution in [0.25, 0.3) is 0 Å². The maximum Gasteiger partial charge on any atom is 0.417 e. The summed E-state index contributed by atoms with van der Waals surface area (Å²) in [6.07, 6.45) is -0.828. The Bertz CT molecular complexity index is 799. The number of halogens is 3. The fourth-order valence-corrected chi connectivity index (χ4v) is 2.55. The highest BCUT2D eigenvalue weighted by molar-refractivity contribution is 9.10. The molecule has 0 aliphatic heterocycles. The van der Waals surface area contributed by atoms with Crippen LogP contribution in [0.1, 0.15) is 5.56 Å². The number of benzene rings is 2. The molecule has 23 heavy (non-hydrogen) atoms. The number of carbonyl (C=O) groups is 1. The van der Waals surface area contributed by atoms with Gasteiger partial charge in [0.2, 0.25) is 0 Å². The lowest BCUT2D eigenvalue weighted by atomic mass is 10.2. The van der Waals surface area contributed by atoms with Gasteiger partial charge in [-0.15, -0.1) is 0 Å². The zero-order chi connectivity index (χ0) is 17.1. The molecule has 0 aliphatic carbocycles. The minimum absolute atomic E-state index is 0.0273. The smallest absolute Gasteiger partial charge is 0.408 e. The average molecular weight is 420 g/mol. The van der Waals surface area contributed by atoms with Crippen molar-refractivity contribution in [3.05, 3.63) is 60.5 Å². The number of rotatable bonds is 3. The highest BCUT2D eigenvalue weighted by atomic mass is 79.9. The first-order valence-corrected chi connectivity index (χ1v) is 7.71. The number of hydrogen-bond acceptors (Lipinski definition) is 4. The number of amides is 1. The van der Waals surface area contributed by atoms with Crippen molar-refractivity contribution in [2.24, 2.45) is 0 Å². The highest BCUT2D eigenvalue weighted by Gasteiger charge is 2.15. The summed E-state index contributed by atoms with van der Waals surface area (Å²) in [7, 11) is 0. The van der Waals surface area contributed by atoms with Crippen molar-refractivity contribution in [1.82, 2.24) is 0 Å². The summed E-state index contributed by atoms with van der Waals surface area (Å²) in [6.45, 7) is 1.81. The first kappa shape index (κ1) is 17.5. The summed E-state index contributed by atoms with van der Waals surface area (Å²) in [5.41, 5.74) is 0.692. The molecule has 0 bridgehead atoms. The van der Waals surface area contributed by atoms with Gasteiger partial charge in [0.05, 0.1) is 15.6 Å². The molecule has 6 nitrogen and oxygen atoms in total. The molecule has 0 unspecified atom stereocenters. The molecular weight excluding hydrogens is 411 g/mol. The van der Waals surface area contributed by atoms with E-state index < -0.39 is 11.0 Å². The molecule has 0 saturated carbocycles. The molecule has 0 fully saturated rings. The molecule has 1 amide bonds. The molecule has 0 aliphatic rings. The van der Waals surface area contributed by atoms with Crippen LogP contribution < -0.4 is 10.1 Å². The van der Waals surface area contributed by atoms with Gasteiger partial charge < -0.3 is 4.74 Å². The van der Waals surface area contributed by atoms with Crippen molar-refractivity contribution in [2.45, 2.75) is 6.92 Å². The van der Waals surface area contributed by atoms with Gasteiger partial charge in [-0.05, 0) is 36.8 Å². The summed E-state index contributed by atoms with van der Waals surface area (Å²) >= 11 is 15.0. The van der Waals surface area contributed by atoms with E-state index in [1.165, 1.54) is 12.1 Å². The van der Waals surface area contributed by atoms with Crippen LogP contribution in [0.15, 0.2) is 34.8 Å². The van der Waals surface area contributed by atoms with Crippen molar-refractivity contribution < 1.29 is 14.5 Å². The van der Waals surface area contributed by atoms with E-state index in [4.69, 9.17) is 27.9 Å². The fraction of sp³-hybridized carbons (Fsp3) is 0.0714. The van der Waals surface area contributed by atoms with Crippen molar-refractivity contribution in [3.63, 3.8) is 0 Å².